The molecule has 3 heteroatoms. The van der Waals surface area contributed by atoms with E-state index in [4.69, 9.17) is 4.74 Å². The van der Waals surface area contributed by atoms with E-state index < -0.39 is 0 Å². The van der Waals surface area contributed by atoms with Crippen molar-refractivity contribution >= 4 is 0 Å². The molecule has 0 radical (unpaired) electrons. The van der Waals surface area contributed by atoms with Gasteiger partial charge in [0.05, 0.1) is 0 Å². The standard InChI is InChI=1S/C14H22FNO/c1-3-4-5-9-16-10-11-17-13-8-6-7-12(2)14(13)15/h6-8,16H,3-5,9-11H2,1-2H3. The molecule has 0 aliphatic carbocycles. The van der Waals surface area contributed by atoms with Gasteiger partial charge >= 0.3 is 0 Å². The van der Waals surface area contributed by atoms with E-state index in [1.54, 1.807) is 19.1 Å². The Labute approximate surface area is 103 Å². The highest BCUT2D eigenvalue weighted by Gasteiger charge is 2.04. The molecular formula is C14H22FNO. The monoisotopic (exact) mass is 239 g/mol. The summed E-state index contributed by atoms with van der Waals surface area (Å²) in [5.41, 5.74) is 0.624. The summed E-state index contributed by atoms with van der Waals surface area (Å²) in [4.78, 5) is 0. The van der Waals surface area contributed by atoms with E-state index in [2.05, 4.69) is 12.2 Å². The van der Waals surface area contributed by atoms with Crippen LogP contribution in [0.5, 0.6) is 5.75 Å². The lowest BCUT2D eigenvalue weighted by Gasteiger charge is -2.09. The average molecular weight is 239 g/mol. The topological polar surface area (TPSA) is 21.3 Å². The van der Waals surface area contributed by atoms with Gasteiger partial charge in [0.25, 0.3) is 0 Å². The van der Waals surface area contributed by atoms with Crippen LogP contribution in [0.1, 0.15) is 31.7 Å². The van der Waals surface area contributed by atoms with Gasteiger partial charge in [0.1, 0.15) is 6.61 Å². The van der Waals surface area contributed by atoms with Crippen LogP contribution < -0.4 is 10.1 Å². The van der Waals surface area contributed by atoms with Gasteiger partial charge in [0.2, 0.25) is 0 Å². The molecule has 1 aromatic carbocycles. The van der Waals surface area contributed by atoms with Crippen LogP contribution in [0.15, 0.2) is 18.2 Å². The summed E-state index contributed by atoms with van der Waals surface area (Å²) in [6.07, 6.45) is 3.67. The first-order valence-electron chi connectivity index (χ1n) is 6.34. The molecule has 0 amide bonds. The number of hydrogen-bond acceptors (Lipinski definition) is 2. The molecule has 0 atom stereocenters. The number of benzene rings is 1. The third-order valence-corrected chi connectivity index (χ3v) is 2.65. The van der Waals surface area contributed by atoms with Crippen LogP contribution in [0.3, 0.4) is 0 Å². The first-order chi connectivity index (χ1) is 8.25. The molecule has 2 nitrogen and oxygen atoms in total. The van der Waals surface area contributed by atoms with Crippen molar-refractivity contribution in [3.63, 3.8) is 0 Å². The largest absolute Gasteiger partial charge is 0.489 e. The zero-order valence-corrected chi connectivity index (χ0v) is 10.8. The van der Waals surface area contributed by atoms with Crippen LogP contribution in [0.2, 0.25) is 0 Å². The normalized spacial score (nSPS) is 10.5. The molecule has 1 aromatic rings. The van der Waals surface area contributed by atoms with Crippen molar-refractivity contribution in [3.8, 4) is 5.75 Å². The first kappa shape index (κ1) is 14.0. The molecule has 0 bridgehead atoms. The minimum atomic E-state index is -0.251. The molecule has 0 heterocycles. The van der Waals surface area contributed by atoms with E-state index in [1.165, 1.54) is 19.3 Å². The molecule has 96 valence electrons. The second-order valence-electron chi connectivity index (χ2n) is 4.19. The fourth-order valence-electron chi connectivity index (χ4n) is 1.59. The summed E-state index contributed by atoms with van der Waals surface area (Å²) in [7, 11) is 0. The summed E-state index contributed by atoms with van der Waals surface area (Å²) < 4.78 is 18.9. The Hall–Kier alpha value is -1.09. The smallest absolute Gasteiger partial charge is 0.167 e. The molecule has 0 aliphatic rings. The van der Waals surface area contributed by atoms with Crippen LogP contribution in [0.4, 0.5) is 4.39 Å². The van der Waals surface area contributed by atoms with Gasteiger partial charge in [-0.15, -0.1) is 0 Å². The SMILES string of the molecule is CCCCCNCCOc1cccc(C)c1F. The fourth-order valence-corrected chi connectivity index (χ4v) is 1.59. The highest BCUT2D eigenvalue weighted by Crippen LogP contribution is 2.19. The summed E-state index contributed by atoms with van der Waals surface area (Å²) in [6.45, 7) is 6.20. The van der Waals surface area contributed by atoms with Crippen molar-refractivity contribution in [1.29, 1.82) is 0 Å². The minimum absolute atomic E-state index is 0.251. The molecule has 0 saturated heterocycles. The van der Waals surface area contributed by atoms with Crippen molar-refractivity contribution < 1.29 is 9.13 Å². The molecule has 0 fully saturated rings. The Morgan fingerprint density at radius 1 is 1.24 bits per heavy atom. The van der Waals surface area contributed by atoms with Crippen molar-refractivity contribution in [2.45, 2.75) is 33.1 Å². The van der Waals surface area contributed by atoms with E-state index in [1.807, 2.05) is 6.07 Å². The third-order valence-electron chi connectivity index (χ3n) is 2.65. The lowest BCUT2D eigenvalue weighted by atomic mass is 10.2. The molecule has 0 saturated carbocycles. The maximum atomic E-state index is 13.5. The second kappa shape index (κ2) is 8.07. The average Bonchev–Trinajstić information content (AvgIpc) is 2.33. The number of ether oxygens (including phenoxy) is 1. The number of rotatable bonds is 8. The number of aryl methyl sites for hydroxylation is 1. The van der Waals surface area contributed by atoms with Crippen LogP contribution in [-0.4, -0.2) is 19.7 Å². The Bertz CT molecular complexity index is 328. The Morgan fingerprint density at radius 2 is 2.06 bits per heavy atom. The van der Waals surface area contributed by atoms with E-state index in [9.17, 15) is 4.39 Å². The molecule has 1 rings (SSSR count). The summed E-state index contributed by atoms with van der Waals surface area (Å²) in [5, 5.41) is 3.28. The summed E-state index contributed by atoms with van der Waals surface area (Å²) >= 11 is 0. The first-order valence-corrected chi connectivity index (χ1v) is 6.34. The molecular weight excluding hydrogens is 217 g/mol. The highest BCUT2D eigenvalue weighted by atomic mass is 19.1. The number of nitrogens with one attached hydrogen (secondary N) is 1. The quantitative estimate of drug-likeness (QED) is 0.703. The van der Waals surface area contributed by atoms with Crippen molar-refractivity contribution in [1.82, 2.24) is 5.32 Å². The van der Waals surface area contributed by atoms with Gasteiger partial charge in [0.15, 0.2) is 11.6 Å². The maximum Gasteiger partial charge on any atom is 0.167 e. The summed E-state index contributed by atoms with van der Waals surface area (Å²) in [6, 6.07) is 5.22. The zero-order chi connectivity index (χ0) is 12.5. The molecule has 0 aliphatic heterocycles. The fraction of sp³-hybridized carbons (Fsp3) is 0.571. The van der Waals surface area contributed by atoms with Crippen molar-refractivity contribution in [2.75, 3.05) is 19.7 Å². The zero-order valence-electron chi connectivity index (χ0n) is 10.8. The third kappa shape index (κ3) is 5.18. The lowest BCUT2D eigenvalue weighted by molar-refractivity contribution is 0.298. The van der Waals surface area contributed by atoms with Gasteiger partial charge in [0, 0.05) is 6.54 Å². The Kier molecular flexibility index (Phi) is 6.63. The number of unbranched alkanes of at least 4 members (excludes halogenated alkanes) is 2. The lowest BCUT2D eigenvalue weighted by Crippen LogP contribution is -2.22. The van der Waals surface area contributed by atoms with Crippen molar-refractivity contribution in [3.05, 3.63) is 29.6 Å². The van der Waals surface area contributed by atoms with Crippen LogP contribution in [0.25, 0.3) is 0 Å². The Balaban J connectivity index is 2.16. The number of halogens is 1. The van der Waals surface area contributed by atoms with Gasteiger partial charge in [-0.05, 0) is 31.5 Å². The molecule has 17 heavy (non-hydrogen) atoms. The van der Waals surface area contributed by atoms with Gasteiger partial charge in [-0.1, -0.05) is 31.9 Å². The van der Waals surface area contributed by atoms with E-state index in [0.717, 1.165) is 13.1 Å². The van der Waals surface area contributed by atoms with Gasteiger partial charge in [-0.3, -0.25) is 0 Å². The van der Waals surface area contributed by atoms with Crippen LogP contribution >= 0.6 is 0 Å². The van der Waals surface area contributed by atoms with E-state index in [-0.39, 0.29) is 5.82 Å². The van der Waals surface area contributed by atoms with Gasteiger partial charge < -0.3 is 10.1 Å². The molecule has 1 N–H and O–H groups in total. The minimum Gasteiger partial charge on any atom is -0.489 e. The maximum absolute atomic E-state index is 13.5. The molecule has 0 aromatic heterocycles. The predicted octanol–water partition coefficient (Wildman–Crippen LogP) is 3.29. The van der Waals surface area contributed by atoms with E-state index in [0.29, 0.717) is 17.9 Å². The molecule has 0 spiro atoms. The molecule has 0 unspecified atom stereocenters. The predicted molar refractivity (Wildman–Crippen MR) is 69.0 cm³/mol. The second-order valence-corrected chi connectivity index (χ2v) is 4.19. The van der Waals surface area contributed by atoms with E-state index >= 15 is 0 Å². The summed E-state index contributed by atoms with van der Waals surface area (Å²) in [5.74, 6) is 0.0961. The highest BCUT2D eigenvalue weighted by molar-refractivity contribution is 5.29. The Morgan fingerprint density at radius 3 is 2.82 bits per heavy atom. The van der Waals surface area contributed by atoms with Crippen molar-refractivity contribution in [2.24, 2.45) is 0 Å². The van der Waals surface area contributed by atoms with Crippen LogP contribution in [-0.2, 0) is 0 Å². The van der Waals surface area contributed by atoms with Gasteiger partial charge in [-0.2, -0.15) is 0 Å². The van der Waals surface area contributed by atoms with Crippen LogP contribution in [0, 0.1) is 12.7 Å². The number of hydrogen-bond donors (Lipinski definition) is 1. The van der Waals surface area contributed by atoms with Gasteiger partial charge in [-0.25, -0.2) is 4.39 Å².